The van der Waals surface area contributed by atoms with Gasteiger partial charge in [0.25, 0.3) is 0 Å². The third-order valence-corrected chi connectivity index (χ3v) is 6.22. The molecule has 0 amide bonds. The lowest BCUT2D eigenvalue weighted by Gasteiger charge is -2.43. The molecule has 2 N–H and O–H groups in total. The topological polar surface area (TPSA) is 66.7 Å². The second-order valence-electron chi connectivity index (χ2n) is 6.60. The largest absolute Gasteiger partial charge is 0.379 e. The second kappa shape index (κ2) is 11.4. The maximum atomic E-state index is 5.54. The van der Waals surface area contributed by atoms with Crippen LogP contribution < -0.4 is 10.6 Å². The molecule has 7 nitrogen and oxygen atoms in total. The summed E-state index contributed by atoms with van der Waals surface area (Å²) in [5, 5.41) is 11.2. The molecule has 1 atom stereocenters. The highest BCUT2D eigenvalue weighted by atomic mass is 127. The molecule has 2 saturated heterocycles. The third-order valence-electron chi connectivity index (χ3n) is 4.99. The van der Waals surface area contributed by atoms with Gasteiger partial charge in [-0.05, 0) is 24.7 Å². The molecule has 0 saturated carbocycles. The van der Waals surface area contributed by atoms with Crippen LogP contribution >= 0.6 is 35.7 Å². The first-order chi connectivity index (χ1) is 12.3. The Labute approximate surface area is 177 Å². The Bertz CT molecular complexity index is 529. The molecule has 0 radical (unpaired) electrons. The number of halogens is 1. The van der Waals surface area contributed by atoms with Crippen molar-refractivity contribution in [2.24, 2.45) is 4.99 Å². The monoisotopic (exact) mass is 494 g/mol. The lowest BCUT2D eigenvalue weighted by Crippen LogP contribution is -2.60. The van der Waals surface area contributed by atoms with E-state index >= 15 is 0 Å². The summed E-state index contributed by atoms with van der Waals surface area (Å²) in [6.45, 7) is 6.54. The van der Waals surface area contributed by atoms with E-state index in [1.165, 1.54) is 17.9 Å². The molecular formula is C17H31IN6OS. The molecule has 2 fully saturated rings. The summed E-state index contributed by atoms with van der Waals surface area (Å²) in [7, 11) is 1.84. The molecule has 3 heterocycles. The maximum absolute atomic E-state index is 5.54. The normalized spacial score (nSPS) is 24.3. The van der Waals surface area contributed by atoms with Gasteiger partial charge in [0.1, 0.15) is 0 Å². The van der Waals surface area contributed by atoms with E-state index in [1.54, 1.807) is 0 Å². The number of aromatic nitrogens is 2. The Morgan fingerprint density at radius 2 is 2.19 bits per heavy atom. The average Bonchev–Trinajstić information content (AvgIpc) is 3.34. The van der Waals surface area contributed by atoms with E-state index in [0.717, 1.165) is 58.3 Å². The molecule has 0 bridgehead atoms. The van der Waals surface area contributed by atoms with Crippen molar-refractivity contribution >= 4 is 41.7 Å². The highest BCUT2D eigenvalue weighted by Gasteiger charge is 2.40. The minimum atomic E-state index is 0. The smallest absolute Gasteiger partial charge is 0.191 e. The van der Waals surface area contributed by atoms with E-state index in [4.69, 9.17) is 4.74 Å². The van der Waals surface area contributed by atoms with Crippen molar-refractivity contribution in [3.63, 3.8) is 0 Å². The number of hydrogen-bond donors (Lipinski definition) is 2. The third kappa shape index (κ3) is 6.00. The van der Waals surface area contributed by atoms with E-state index < -0.39 is 0 Å². The number of guanidine groups is 1. The van der Waals surface area contributed by atoms with Crippen molar-refractivity contribution in [1.29, 1.82) is 0 Å². The first-order valence-corrected chi connectivity index (χ1v) is 10.3. The molecule has 1 aromatic rings. The number of thioether (sulfide) groups is 1. The molecule has 148 valence electrons. The van der Waals surface area contributed by atoms with Gasteiger partial charge in [-0.3, -0.25) is 14.6 Å². The van der Waals surface area contributed by atoms with Gasteiger partial charge in [0.2, 0.25) is 0 Å². The number of nitrogens with one attached hydrogen (secondary N) is 2. The lowest BCUT2D eigenvalue weighted by atomic mass is 9.95. The molecule has 1 unspecified atom stereocenters. The Balaban J connectivity index is 0.00000243. The van der Waals surface area contributed by atoms with E-state index in [1.807, 2.05) is 30.2 Å². The molecule has 9 heteroatoms. The predicted octanol–water partition coefficient (Wildman–Crippen LogP) is 1.26. The summed E-state index contributed by atoms with van der Waals surface area (Å²) in [5.41, 5.74) is 0.237. The van der Waals surface area contributed by atoms with Gasteiger partial charge < -0.3 is 15.4 Å². The summed E-state index contributed by atoms with van der Waals surface area (Å²) < 4.78 is 7.49. The van der Waals surface area contributed by atoms with Crippen molar-refractivity contribution in [3.8, 4) is 0 Å². The van der Waals surface area contributed by atoms with Crippen LogP contribution in [0.3, 0.4) is 0 Å². The highest BCUT2D eigenvalue weighted by Crippen LogP contribution is 2.33. The van der Waals surface area contributed by atoms with E-state index in [0.29, 0.717) is 0 Å². The van der Waals surface area contributed by atoms with Crippen LogP contribution in [0.25, 0.3) is 0 Å². The summed E-state index contributed by atoms with van der Waals surface area (Å²) in [6, 6.07) is 1.96. The molecule has 2 aliphatic heterocycles. The molecule has 2 aliphatic rings. The number of ether oxygens (including phenoxy) is 1. The number of aryl methyl sites for hydroxylation is 1. The zero-order valence-corrected chi connectivity index (χ0v) is 18.7. The van der Waals surface area contributed by atoms with Gasteiger partial charge in [-0.25, -0.2) is 0 Å². The zero-order valence-electron chi connectivity index (χ0n) is 15.5. The Morgan fingerprint density at radius 3 is 2.85 bits per heavy atom. The fourth-order valence-corrected chi connectivity index (χ4v) is 4.96. The van der Waals surface area contributed by atoms with Crippen molar-refractivity contribution in [3.05, 3.63) is 18.5 Å². The minimum Gasteiger partial charge on any atom is -0.379 e. The van der Waals surface area contributed by atoms with Crippen molar-refractivity contribution < 1.29 is 4.74 Å². The SMILES string of the molecule is CN=C(NCCCn1cccn1)NCC1(N2CCOCC2)CCSC1.I. The quantitative estimate of drug-likeness (QED) is 0.258. The molecule has 0 aliphatic carbocycles. The van der Waals surface area contributed by atoms with Gasteiger partial charge >= 0.3 is 0 Å². The second-order valence-corrected chi connectivity index (χ2v) is 7.71. The zero-order chi connectivity index (χ0) is 17.4. The van der Waals surface area contributed by atoms with Crippen LogP contribution in [0.5, 0.6) is 0 Å². The van der Waals surface area contributed by atoms with Gasteiger partial charge in [-0.2, -0.15) is 16.9 Å². The highest BCUT2D eigenvalue weighted by molar-refractivity contribution is 14.0. The first-order valence-electron chi connectivity index (χ1n) is 9.15. The number of rotatable bonds is 7. The minimum absolute atomic E-state index is 0. The van der Waals surface area contributed by atoms with Crippen LogP contribution in [0, 0.1) is 0 Å². The van der Waals surface area contributed by atoms with Crippen molar-refractivity contribution in [2.45, 2.75) is 24.9 Å². The Hall–Kier alpha value is -0.520. The van der Waals surface area contributed by atoms with Crippen LogP contribution in [0.2, 0.25) is 0 Å². The fourth-order valence-electron chi connectivity index (χ4n) is 3.48. The van der Waals surface area contributed by atoms with Crippen LogP contribution in [0.15, 0.2) is 23.5 Å². The van der Waals surface area contributed by atoms with Gasteiger partial charge in [-0.1, -0.05) is 0 Å². The fraction of sp³-hybridized carbons (Fsp3) is 0.765. The van der Waals surface area contributed by atoms with Crippen LogP contribution in [-0.4, -0.2) is 84.1 Å². The van der Waals surface area contributed by atoms with E-state index in [-0.39, 0.29) is 29.5 Å². The predicted molar refractivity (Wildman–Crippen MR) is 119 cm³/mol. The molecular weight excluding hydrogens is 463 g/mol. The van der Waals surface area contributed by atoms with E-state index in [9.17, 15) is 0 Å². The molecule has 0 aromatic carbocycles. The molecule has 26 heavy (non-hydrogen) atoms. The number of nitrogens with zero attached hydrogens (tertiary/aromatic N) is 4. The van der Waals surface area contributed by atoms with E-state index in [2.05, 4.69) is 37.4 Å². The summed E-state index contributed by atoms with van der Waals surface area (Å²) >= 11 is 2.06. The summed E-state index contributed by atoms with van der Waals surface area (Å²) in [4.78, 5) is 7.00. The van der Waals surface area contributed by atoms with Crippen LogP contribution in [-0.2, 0) is 11.3 Å². The number of aliphatic imine (C=N–C) groups is 1. The Morgan fingerprint density at radius 1 is 1.35 bits per heavy atom. The van der Waals surface area contributed by atoms with Gasteiger partial charge in [0, 0.05) is 63.5 Å². The molecule has 3 rings (SSSR count). The number of hydrogen-bond acceptors (Lipinski definition) is 5. The summed E-state index contributed by atoms with van der Waals surface area (Å²) in [5.74, 6) is 3.33. The molecule has 0 spiro atoms. The summed E-state index contributed by atoms with van der Waals surface area (Å²) in [6.07, 6.45) is 6.07. The maximum Gasteiger partial charge on any atom is 0.191 e. The number of morpholine rings is 1. The van der Waals surface area contributed by atoms with Crippen molar-refractivity contribution in [1.82, 2.24) is 25.3 Å². The van der Waals surface area contributed by atoms with Gasteiger partial charge in [-0.15, -0.1) is 24.0 Å². The first kappa shape index (κ1) is 21.8. The van der Waals surface area contributed by atoms with Gasteiger partial charge in [0.15, 0.2) is 5.96 Å². The standard InChI is InChI=1S/C17H30N6OS.HI/c1-18-16(19-5-2-7-23-8-3-6-21-23)20-14-17(4-13-25-15-17)22-9-11-24-12-10-22;/h3,6,8H,2,4-5,7,9-15H2,1H3,(H2,18,19,20);1H. The van der Waals surface area contributed by atoms with Crippen LogP contribution in [0.1, 0.15) is 12.8 Å². The molecule has 1 aromatic heterocycles. The Kier molecular flexibility index (Phi) is 9.51. The lowest BCUT2D eigenvalue weighted by molar-refractivity contribution is -0.0120. The van der Waals surface area contributed by atoms with Gasteiger partial charge in [0.05, 0.1) is 13.2 Å². The van der Waals surface area contributed by atoms with Crippen LogP contribution in [0.4, 0.5) is 0 Å². The average molecular weight is 494 g/mol. The van der Waals surface area contributed by atoms with Crippen molar-refractivity contribution in [2.75, 3.05) is 57.9 Å².